The Morgan fingerprint density at radius 3 is 2.71 bits per heavy atom. The topological polar surface area (TPSA) is 75.7 Å². The lowest BCUT2D eigenvalue weighted by atomic mass is 10.1. The van der Waals surface area contributed by atoms with Crippen molar-refractivity contribution in [3.63, 3.8) is 0 Å². The average molecular weight is 421 g/mol. The molecule has 1 N–H and O–H groups in total. The summed E-state index contributed by atoms with van der Waals surface area (Å²) in [5.74, 6) is -1.94. The van der Waals surface area contributed by atoms with Crippen LogP contribution in [0.5, 0.6) is 0 Å². The zero-order valence-electron chi connectivity index (χ0n) is 15.1. The first-order valence-electron chi connectivity index (χ1n) is 8.62. The van der Waals surface area contributed by atoms with Gasteiger partial charge in [0.25, 0.3) is 5.91 Å². The van der Waals surface area contributed by atoms with Crippen molar-refractivity contribution in [1.82, 2.24) is 0 Å². The third-order valence-corrected chi connectivity index (χ3v) is 4.98. The van der Waals surface area contributed by atoms with Crippen molar-refractivity contribution < 1.29 is 19.1 Å². The number of benzene rings is 2. The monoisotopic (exact) mass is 420 g/mol. The lowest BCUT2D eigenvalue weighted by Crippen LogP contribution is -2.28. The van der Waals surface area contributed by atoms with Gasteiger partial charge in [0.1, 0.15) is 0 Å². The molecule has 1 aliphatic heterocycles. The molecule has 2 aromatic rings. The number of aryl methyl sites for hydroxylation is 1. The summed E-state index contributed by atoms with van der Waals surface area (Å²) in [4.78, 5) is 38.1. The molecule has 28 heavy (non-hydrogen) atoms. The van der Waals surface area contributed by atoms with E-state index in [1.807, 2.05) is 6.92 Å². The fourth-order valence-electron chi connectivity index (χ4n) is 2.94. The van der Waals surface area contributed by atoms with Crippen LogP contribution >= 0.6 is 23.2 Å². The van der Waals surface area contributed by atoms with Gasteiger partial charge in [0.15, 0.2) is 6.61 Å². The summed E-state index contributed by atoms with van der Waals surface area (Å²) < 4.78 is 5.10. The van der Waals surface area contributed by atoms with Crippen molar-refractivity contribution in [3.8, 4) is 0 Å². The van der Waals surface area contributed by atoms with Crippen LogP contribution < -0.4 is 10.2 Å². The lowest BCUT2D eigenvalue weighted by molar-refractivity contribution is -0.151. The Bertz CT molecular complexity index is 932. The standard InChI is InChI=1S/C20H18Cl2N2O4/c1-12-6-7-14(21)9-16(12)23-18(25)11-28-20(27)13-8-19(26)24(10-13)17-5-3-2-4-15(17)22/h2-7,9,13H,8,10-11H2,1H3,(H,23,25)/t13-/m0/s1. The van der Waals surface area contributed by atoms with Crippen molar-refractivity contribution in [1.29, 1.82) is 0 Å². The Labute approximate surface area is 172 Å². The van der Waals surface area contributed by atoms with E-state index in [1.54, 1.807) is 42.5 Å². The lowest BCUT2D eigenvalue weighted by Gasteiger charge is -2.17. The second-order valence-electron chi connectivity index (χ2n) is 6.47. The van der Waals surface area contributed by atoms with Gasteiger partial charge in [-0.2, -0.15) is 0 Å². The number of amides is 2. The SMILES string of the molecule is Cc1ccc(Cl)cc1NC(=O)COC(=O)[C@H]1CC(=O)N(c2ccccc2Cl)C1. The largest absolute Gasteiger partial charge is 0.455 e. The van der Waals surface area contributed by atoms with Crippen molar-refractivity contribution in [2.45, 2.75) is 13.3 Å². The molecule has 2 amide bonds. The molecule has 0 saturated carbocycles. The van der Waals surface area contributed by atoms with Crippen LogP contribution in [-0.4, -0.2) is 30.9 Å². The highest BCUT2D eigenvalue weighted by Gasteiger charge is 2.37. The molecule has 0 radical (unpaired) electrons. The van der Waals surface area contributed by atoms with Gasteiger partial charge in [-0.3, -0.25) is 14.4 Å². The first-order chi connectivity index (χ1) is 13.3. The number of hydrogen-bond donors (Lipinski definition) is 1. The normalized spacial score (nSPS) is 16.2. The number of para-hydroxylation sites is 1. The summed E-state index contributed by atoms with van der Waals surface area (Å²) in [5.41, 5.74) is 1.94. The highest BCUT2D eigenvalue weighted by Crippen LogP contribution is 2.31. The second kappa shape index (κ2) is 8.63. The van der Waals surface area contributed by atoms with Crippen LogP contribution in [0.2, 0.25) is 10.0 Å². The number of carbonyl (C=O) groups is 3. The molecule has 0 unspecified atom stereocenters. The van der Waals surface area contributed by atoms with E-state index < -0.39 is 24.4 Å². The minimum atomic E-state index is -0.649. The highest BCUT2D eigenvalue weighted by atomic mass is 35.5. The van der Waals surface area contributed by atoms with Gasteiger partial charge in [-0.1, -0.05) is 41.4 Å². The third-order valence-electron chi connectivity index (χ3n) is 4.42. The minimum Gasteiger partial charge on any atom is -0.455 e. The van der Waals surface area contributed by atoms with Crippen LogP contribution in [0.4, 0.5) is 11.4 Å². The first kappa shape index (κ1) is 20.2. The summed E-state index contributed by atoms with van der Waals surface area (Å²) in [6, 6.07) is 12.0. The molecule has 1 fully saturated rings. The second-order valence-corrected chi connectivity index (χ2v) is 7.32. The number of anilines is 2. The third kappa shape index (κ3) is 4.64. The van der Waals surface area contributed by atoms with Crippen LogP contribution in [-0.2, 0) is 19.1 Å². The molecule has 2 aromatic carbocycles. The molecular weight excluding hydrogens is 403 g/mol. The number of halogens is 2. The van der Waals surface area contributed by atoms with Gasteiger partial charge in [0.05, 0.1) is 16.6 Å². The Morgan fingerprint density at radius 2 is 1.96 bits per heavy atom. The Kier molecular flexibility index (Phi) is 6.21. The van der Waals surface area contributed by atoms with E-state index in [0.29, 0.717) is 21.4 Å². The Morgan fingerprint density at radius 1 is 1.21 bits per heavy atom. The molecule has 1 atom stereocenters. The number of hydrogen-bond acceptors (Lipinski definition) is 4. The molecule has 0 aromatic heterocycles. The predicted octanol–water partition coefficient (Wildman–Crippen LogP) is 3.84. The van der Waals surface area contributed by atoms with Crippen LogP contribution in [0, 0.1) is 12.8 Å². The van der Waals surface area contributed by atoms with E-state index in [1.165, 1.54) is 4.90 Å². The smallest absolute Gasteiger partial charge is 0.311 e. The van der Waals surface area contributed by atoms with E-state index in [0.717, 1.165) is 5.56 Å². The van der Waals surface area contributed by atoms with E-state index in [9.17, 15) is 14.4 Å². The minimum absolute atomic E-state index is 0.0130. The zero-order chi connectivity index (χ0) is 20.3. The quantitative estimate of drug-likeness (QED) is 0.745. The number of nitrogens with one attached hydrogen (secondary N) is 1. The molecule has 146 valence electrons. The number of nitrogens with zero attached hydrogens (tertiary/aromatic N) is 1. The van der Waals surface area contributed by atoms with E-state index in [-0.39, 0.29) is 18.9 Å². The summed E-state index contributed by atoms with van der Waals surface area (Å²) >= 11 is 12.0. The maximum Gasteiger partial charge on any atom is 0.311 e. The predicted molar refractivity (Wildman–Crippen MR) is 108 cm³/mol. The fourth-order valence-corrected chi connectivity index (χ4v) is 3.35. The summed E-state index contributed by atoms with van der Waals surface area (Å²) in [6.45, 7) is 1.55. The van der Waals surface area contributed by atoms with Crippen molar-refractivity contribution >= 4 is 52.4 Å². The highest BCUT2D eigenvalue weighted by molar-refractivity contribution is 6.34. The maximum atomic E-state index is 12.3. The molecule has 3 rings (SSSR count). The van der Waals surface area contributed by atoms with Crippen LogP contribution in [0.15, 0.2) is 42.5 Å². The van der Waals surface area contributed by atoms with Gasteiger partial charge < -0.3 is 15.0 Å². The van der Waals surface area contributed by atoms with Crippen LogP contribution in [0.3, 0.4) is 0 Å². The summed E-state index contributed by atoms with van der Waals surface area (Å²) in [7, 11) is 0. The van der Waals surface area contributed by atoms with Gasteiger partial charge in [-0.05, 0) is 36.8 Å². The molecule has 0 bridgehead atoms. The molecule has 8 heteroatoms. The molecule has 6 nitrogen and oxygen atoms in total. The molecule has 1 heterocycles. The molecule has 0 spiro atoms. The van der Waals surface area contributed by atoms with Crippen LogP contribution in [0.25, 0.3) is 0 Å². The molecular formula is C20H18Cl2N2O4. The zero-order valence-corrected chi connectivity index (χ0v) is 16.6. The van der Waals surface area contributed by atoms with Crippen molar-refractivity contribution in [3.05, 3.63) is 58.1 Å². The van der Waals surface area contributed by atoms with E-state index in [4.69, 9.17) is 27.9 Å². The first-order valence-corrected chi connectivity index (χ1v) is 9.38. The van der Waals surface area contributed by atoms with E-state index >= 15 is 0 Å². The van der Waals surface area contributed by atoms with Gasteiger partial charge in [0.2, 0.25) is 5.91 Å². The maximum absolute atomic E-state index is 12.3. The number of esters is 1. The van der Waals surface area contributed by atoms with Crippen LogP contribution in [0.1, 0.15) is 12.0 Å². The van der Waals surface area contributed by atoms with Crippen molar-refractivity contribution in [2.24, 2.45) is 5.92 Å². The fraction of sp³-hybridized carbons (Fsp3) is 0.250. The Hall–Kier alpha value is -2.57. The van der Waals surface area contributed by atoms with Gasteiger partial charge in [-0.25, -0.2) is 0 Å². The number of ether oxygens (including phenoxy) is 1. The summed E-state index contributed by atoms with van der Waals surface area (Å²) in [6.07, 6.45) is 0.0130. The molecule has 0 aliphatic carbocycles. The number of carbonyl (C=O) groups excluding carboxylic acids is 3. The molecule has 1 aliphatic rings. The van der Waals surface area contributed by atoms with E-state index in [2.05, 4.69) is 5.32 Å². The summed E-state index contributed by atoms with van der Waals surface area (Å²) in [5, 5.41) is 3.57. The van der Waals surface area contributed by atoms with Gasteiger partial charge in [-0.15, -0.1) is 0 Å². The average Bonchev–Trinajstić information content (AvgIpc) is 3.05. The number of rotatable bonds is 5. The Balaban J connectivity index is 1.55. The van der Waals surface area contributed by atoms with Crippen molar-refractivity contribution in [2.75, 3.05) is 23.4 Å². The van der Waals surface area contributed by atoms with Gasteiger partial charge >= 0.3 is 5.97 Å². The molecule has 1 saturated heterocycles. The van der Waals surface area contributed by atoms with Gasteiger partial charge in [0, 0.05) is 23.7 Å².